The van der Waals surface area contributed by atoms with Crippen molar-refractivity contribution < 1.29 is 19.0 Å². The number of aliphatic hydroxyl groups is 2. The molecule has 3 aromatic heterocycles. The number of benzene rings is 1. The summed E-state index contributed by atoms with van der Waals surface area (Å²) in [4.78, 5) is 15.4. The third kappa shape index (κ3) is 4.24. The molecule has 1 saturated heterocycles. The van der Waals surface area contributed by atoms with Gasteiger partial charge < -0.3 is 20.4 Å². The van der Waals surface area contributed by atoms with Gasteiger partial charge in [0.2, 0.25) is 0 Å². The summed E-state index contributed by atoms with van der Waals surface area (Å²) in [5.41, 5.74) is 2.04. The smallest absolute Gasteiger partial charge is 0.160 e. The highest BCUT2D eigenvalue weighted by atomic mass is 19.1. The van der Waals surface area contributed by atoms with E-state index < -0.39 is 23.7 Å². The van der Waals surface area contributed by atoms with Crippen molar-refractivity contribution in [2.45, 2.75) is 38.6 Å². The minimum Gasteiger partial charge on any atom is -0.389 e. The molecule has 4 heterocycles. The highest BCUT2D eigenvalue weighted by molar-refractivity contribution is 5.78. The average Bonchev–Trinajstić information content (AvgIpc) is 3.34. The first-order valence-electron chi connectivity index (χ1n) is 11.0. The van der Waals surface area contributed by atoms with Crippen molar-refractivity contribution in [3.63, 3.8) is 0 Å². The summed E-state index contributed by atoms with van der Waals surface area (Å²) in [5.74, 6) is 0.595. The van der Waals surface area contributed by atoms with Crippen molar-refractivity contribution >= 4 is 28.3 Å². The lowest BCUT2D eigenvalue weighted by atomic mass is 10.1. The lowest BCUT2D eigenvalue weighted by Gasteiger charge is -2.21. The molecule has 0 bridgehead atoms. The number of aryl methyl sites for hydroxylation is 1. The summed E-state index contributed by atoms with van der Waals surface area (Å²) in [6.45, 7) is 5.52. The Labute approximate surface area is 194 Å². The first kappa shape index (κ1) is 22.4. The summed E-state index contributed by atoms with van der Waals surface area (Å²) in [6.07, 6.45) is -2.44. The van der Waals surface area contributed by atoms with Gasteiger partial charge >= 0.3 is 0 Å². The lowest BCUT2D eigenvalue weighted by Crippen LogP contribution is -2.30. The predicted octanol–water partition coefficient (Wildman–Crippen LogP) is 2.49. The van der Waals surface area contributed by atoms with E-state index in [0.29, 0.717) is 45.4 Å². The standard InChI is InChI=1S/C23H25F2N7O2/c1-12-22(28-16-6-13(24)4-5-15(16)27-12)17-7-21-29-20(31-9-14(25)18(33)10-31)8-19(32(21)30-17)26-11-23(2,3)34/h4-8,14,18,26,33-34H,9-11H2,1-3H3/t14-,18+/m0/s1. The molecule has 2 atom stereocenters. The largest absolute Gasteiger partial charge is 0.389 e. The van der Waals surface area contributed by atoms with Gasteiger partial charge in [-0.3, -0.25) is 0 Å². The van der Waals surface area contributed by atoms with Gasteiger partial charge in [0.15, 0.2) is 5.65 Å². The fourth-order valence-electron chi connectivity index (χ4n) is 3.96. The second kappa shape index (κ2) is 8.10. The van der Waals surface area contributed by atoms with Crippen molar-refractivity contribution in [1.82, 2.24) is 24.6 Å². The highest BCUT2D eigenvalue weighted by Crippen LogP contribution is 2.28. The van der Waals surface area contributed by atoms with Gasteiger partial charge in [0, 0.05) is 31.3 Å². The normalized spacial score (nSPS) is 18.9. The Hall–Kier alpha value is -3.44. The van der Waals surface area contributed by atoms with E-state index in [1.807, 2.05) is 0 Å². The van der Waals surface area contributed by atoms with E-state index in [1.54, 1.807) is 48.4 Å². The van der Waals surface area contributed by atoms with Crippen LogP contribution in [0.25, 0.3) is 28.1 Å². The van der Waals surface area contributed by atoms with E-state index >= 15 is 0 Å². The Bertz CT molecular complexity index is 1380. The summed E-state index contributed by atoms with van der Waals surface area (Å²) >= 11 is 0. The zero-order valence-electron chi connectivity index (χ0n) is 19.0. The molecule has 11 heteroatoms. The molecule has 1 fully saturated rings. The summed E-state index contributed by atoms with van der Waals surface area (Å²) in [6, 6.07) is 7.66. The molecule has 0 spiro atoms. The third-order valence-corrected chi connectivity index (χ3v) is 5.70. The molecule has 5 rings (SSSR count). The molecule has 34 heavy (non-hydrogen) atoms. The number of fused-ring (bicyclic) bond motifs is 2. The van der Waals surface area contributed by atoms with Crippen LogP contribution in [0.5, 0.6) is 0 Å². The molecule has 0 aliphatic carbocycles. The number of rotatable bonds is 5. The van der Waals surface area contributed by atoms with E-state index in [4.69, 9.17) is 0 Å². The number of hydrogen-bond acceptors (Lipinski definition) is 8. The van der Waals surface area contributed by atoms with E-state index in [-0.39, 0.29) is 19.6 Å². The Morgan fingerprint density at radius 3 is 2.62 bits per heavy atom. The first-order valence-corrected chi connectivity index (χ1v) is 11.0. The number of aliphatic hydroxyl groups excluding tert-OH is 1. The molecule has 178 valence electrons. The van der Waals surface area contributed by atoms with Crippen LogP contribution in [0, 0.1) is 12.7 Å². The maximum Gasteiger partial charge on any atom is 0.160 e. The van der Waals surface area contributed by atoms with Crippen molar-refractivity contribution in [3.8, 4) is 11.4 Å². The lowest BCUT2D eigenvalue weighted by molar-refractivity contribution is 0.0944. The Morgan fingerprint density at radius 1 is 1.12 bits per heavy atom. The second-order valence-corrected chi connectivity index (χ2v) is 9.24. The number of β-amino-alcohol motifs (C(OH)–C–C–N with tert-alkyl or cyclic N) is 1. The van der Waals surface area contributed by atoms with Gasteiger partial charge in [-0.15, -0.1) is 0 Å². The summed E-state index contributed by atoms with van der Waals surface area (Å²) < 4.78 is 29.3. The van der Waals surface area contributed by atoms with Crippen LogP contribution in [0.2, 0.25) is 0 Å². The summed E-state index contributed by atoms with van der Waals surface area (Å²) in [5, 5.41) is 27.9. The van der Waals surface area contributed by atoms with E-state index in [0.717, 1.165) is 0 Å². The monoisotopic (exact) mass is 469 g/mol. The van der Waals surface area contributed by atoms with Gasteiger partial charge in [-0.2, -0.15) is 9.61 Å². The van der Waals surface area contributed by atoms with Crippen molar-refractivity contribution in [3.05, 3.63) is 41.8 Å². The predicted molar refractivity (Wildman–Crippen MR) is 124 cm³/mol. The molecular formula is C23H25F2N7O2. The van der Waals surface area contributed by atoms with Crippen LogP contribution in [-0.2, 0) is 0 Å². The third-order valence-electron chi connectivity index (χ3n) is 5.70. The maximum absolute atomic E-state index is 14.0. The minimum absolute atomic E-state index is 0.0249. The van der Waals surface area contributed by atoms with Crippen LogP contribution < -0.4 is 10.2 Å². The number of anilines is 2. The van der Waals surface area contributed by atoms with Crippen LogP contribution in [0.4, 0.5) is 20.4 Å². The Kier molecular flexibility index (Phi) is 5.33. The van der Waals surface area contributed by atoms with E-state index in [2.05, 4.69) is 25.4 Å². The van der Waals surface area contributed by atoms with Crippen molar-refractivity contribution in [2.24, 2.45) is 0 Å². The van der Waals surface area contributed by atoms with Gasteiger partial charge in [-0.1, -0.05) is 0 Å². The van der Waals surface area contributed by atoms with Crippen LogP contribution >= 0.6 is 0 Å². The van der Waals surface area contributed by atoms with Gasteiger partial charge in [0.05, 0.1) is 28.9 Å². The number of alkyl halides is 1. The molecule has 0 amide bonds. The highest BCUT2D eigenvalue weighted by Gasteiger charge is 2.32. The number of halogens is 2. The van der Waals surface area contributed by atoms with Gasteiger partial charge in [0.25, 0.3) is 0 Å². The van der Waals surface area contributed by atoms with Gasteiger partial charge in [-0.05, 0) is 32.9 Å². The Morgan fingerprint density at radius 2 is 1.91 bits per heavy atom. The van der Waals surface area contributed by atoms with Crippen LogP contribution in [-0.4, -0.2) is 72.3 Å². The second-order valence-electron chi connectivity index (χ2n) is 9.24. The van der Waals surface area contributed by atoms with Crippen LogP contribution in [0.1, 0.15) is 19.5 Å². The number of nitrogens with zero attached hydrogens (tertiary/aromatic N) is 6. The molecule has 1 aromatic carbocycles. The van der Waals surface area contributed by atoms with Gasteiger partial charge in [0.1, 0.15) is 41.1 Å². The minimum atomic E-state index is -1.36. The molecule has 0 radical (unpaired) electrons. The molecule has 9 nitrogen and oxygen atoms in total. The topological polar surface area (TPSA) is 112 Å². The molecule has 4 aromatic rings. The van der Waals surface area contributed by atoms with Crippen molar-refractivity contribution in [1.29, 1.82) is 0 Å². The maximum atomic E-state index is 14.0. The van der Waals surface area contributed by atoms with Gasteiger partial charge in [-0.25, -0.2) is 23.7 Å². The zero-order valence-corrected chi connectivity index (χ0v) is 19.0. The average molecular weight is 469 g/mol. The van der Waals surface area contributed by atoms with E-state index in [1.165, 1.54) is 12.1 Å². The fraction of sp³-hybridized carbons (Fsp3) is 0.391. The molecular weight excluding hydrogens is 444 g/mol. The van der Waals surface area contributed by atoms with E-state index in [9.17, 15) is 19.0 Å². The fourth-order valence-corrected chi connectivity index (χ4v) is 3.96. The van der Waals surface area contributed by atoms with Crippen LogP contribution in [0.15, 0.2) is 30.3 Å². The van der Waals surface area contributed by atoms with Crippen molar-refractivity contribution in [2.75, 3.05) is 29.9 Å². The molecule has 0 saturated carbocycles. The SMILES string of the molecule is Cc1nc2ccc(F)cc2nc1-c1cc2nc(N3C[C@@H](O)[C@@H](F)C3)cc(NCC(C)(C)O)n2n1. The quantitative estimate of drug-likeness (QED) is 0.409. The first-order chi connectivity index (χ1) is 16.1. The molecule has 1 aliphatic heterocycles. The molecule has 0 unspecified atom stereocenters. The van der Waals surface area contributed by atoms with Crippen LogP contribution in [0.3, 0.4) is 0 Å². The summed E-state index contributed by atoms with van der Waals surface area (Å²) in [7, 11) is 0. The Balaban J connectivity index is 1.62. The molecule has 3 N–H and O–H groups in total. The zero-order chi connectivity index (χ0) is 24.2. The number of hydrogen-bond donors (Lipinski definition) is 3. The number of aromatic nitrogens is 5. The molecule has 1 aliphatic rings. The number of nitrogens with one attached hydrogen (secondary N) is 1.